The molecule has 0 aliphatic carbocycles. The van der Waals surface area contributed by atoms with Gasteiger partial charge in [-0.15, -0.1) is 11.3 Å². The van der Waals surface area contributed by atoms with Crippen LogP contribution in [0.15, 0.2) is 40.6 Å². The van der Waals surface area contributed by atoms with Gasteiger partial charge in [-0.1, -0.05) is 19.1 Å². The Kier molecular flexibility index (Phi) is 6.38. The Morgan fingerprint density at radius 3 is 2.58 bits per heavy atom. The normalized spacial score (nSPS) is 12.3. The van der Waals surface area contributed by atoms with E-state index in [0.29, 0.717) is 0 Å². The van der Waals surface area contributed by atoms with Gasteiger partial charge in [-0.25, -0.2) is 13.2 Å². The monoisotopic (exact) mass is 396 g/mol. The molecule has 1 amide bonds. The van der Waals surface area contributed by atoms with Gasteiger partial charge in [-0.2, -0.15) is 0 Å². The highest BCUT2D eigenvalue weighted by Crippen LogP contribution is 2.26. The van der Waals surface area contributed by atoms with E-state index in [0.717, 1.165) is 17.8 Å². The number of amides is 1. The molecular formula is C17H20N2O5S2. The summed E-state index contributed by atoms with van der Waals surface area (Å²) < 4.78 is 32.4. The number of carbonyl (C=O) groups excluding carboxylic acids is 2. The number of benzene rings is 1. The first-order valence-corrected chi connectivity index (χ1v) is 10.2. The molecule has 2 aromatic rings. The molecule has 7 nitrogen and oxygen atoms in total. The lowest BCUT2D eigenvalue weighted by Gasteiger charge is -2.15. The van der Waals surface area contributed by atoms with E-state index < -0.39 is 16.0 Å². The zero-order valence-corrected chi connectivity index (χ0v) is 16.2. The minimum Gasteiger partial charge on any atom is -0.465 e. The lowest BCUT2D eigenvalue weighted by atomic mass is 10.1. The number of ether oxygens (including phenoxy) is 1. The fourth-order valence-corrected chi connectivity index (χ4v) is 4.54. The molecule has 0 spiro atoms. The minimum absolute atomic E-state index is 0.0264. The number of hydrogen-bond donors (Lipinski definition) is 2. The number of sulfonamides is 1. The summed E-state index contributed by atoms with van der Waals surface area (Å²) in [6.45, 7) is 3.79. The van der Waals surface area contributed by atoms with Crippen molar-refractivity contribution in [3.05, 3.63) is 46.2 Å². The zero-order valence-electron chi connectivity index (χ0n) is 14.6. The Morgan fingerprint density at radius 2 is 1.92 bits per heavy atom. The molecule has 26 heavy (non-hydrogen) atoms. The SMILES string of the molecule is CC[C@@H](C)NC(=O)c1ccccc1NS(=O)(=O)c1ccsc1C(=O)OC. The van der Waals surface area contributed by atoms with Crippen molar-refractivity contribution in [3.63, 3.8) is 0 Å². The van der Waals surface area contributed by atoms with Gasteiger partial charge in [-0.05, 0) is 36.9 Å². The number of esters is 1. The van der Waals surface area contributed by atoms with E-state index in [1.807, 2.05) is 13.8 Å². The molecule has 0 unspecified atom stereocenters. The molecule has 9 heteroatoms. The number of thiophene rings is 1. The van der Waals surface area contributed by atoms with E-state index in [-0.39, 0.29) is 33.0 Å². The Balaban J connectivity index is 2.35. The Morgan fingerprint density at radius 1 is 1.23 bits per heavy atom. The molecule has 1 aromatic carbocycles. The van der Waals surface area contributed by atoms with Gasteiger partial charge in [0.15, 0.2) is 0 Å². The number of carbonyl (C=O) groups is 2. The van der Waals surface area contributed by atoms with E-state index in [1.54, 1.807) is 12.1 Å². The van der Waals surface area contributed by atoms with Gasteiger partial charge in [0.05, 0.1) is 18.4 Å². The van der Waals surface area contributed by atoms with E-state index in [9.17, 15) is 18.0 Å². The van der Waals surface area contributed by atoms with Crippen LogP contribution in [-0.2, 0) is 14.8 Å². The Bertz CT molecular complexity index is 905. The van der Waals surface area contributed by atoms with Crippen molar-refractivity contribution >= 4 is 38.9 Å². The van der Waals surface area contributed by atoms with Crippen molar-refractivity contribution < 1.29 is 22.7 Å². The van der Waals surface area contributed by atoms with Crippen LogP contribution in [0.3, 0.4) is 0 Å². The third-order valence-corrected chi connectivity index (χ3v) is 6.13. The second-order valence-electron chi connectivity index (χ2n) is 5.54. The van der Waals surface area contributed by atoms with Crippen molar-refractivity contribution in [2.45, 2.75) is 31.2 Å². The third-order valence-electron chi connectivity index (χ3n) is 3.70. The van der Waals surface area contributed by atoms with Crippen LogP contribution in [0.25, 0.3) is 0 Å². The van der Waals surface area contributed by atoms with Crippen molar-refractivity contribution in [1.82, 2.24) is 5.32 Å². The molecule has 0 saturated heterocycles. The topological polar surface area (TPSA) is 102 Å². The van der Waals surface area contributed by atoms with Crippen molar-refractivity contribution in [2.75, 3.05) is 11.8 Å². The number of anilines is 1. The smallest absolute Gasteiger partial charge is 0.349 e. The summed E-state index contributed by atoms with van der Waals surface area (Å²) in [4.78, 5) is 24.0. The molecule has 1 aromatic heterocycles. The molecule has 2 rings (SSSR count). The summed E-state index contributed by atoms with van der Waals surface area (Å²) in [5, 5.41) is 4.29. The highest BCUT2D eigenvalue weighted by Gasteiger charge is 2.26. The van der Waals surface area contributed by atoms with Gasteiger partial charge in [0.2, 0.25) is 0 Å². The Labute approximate surface area is 156 Å². The van der Waals surface area contributed by atoms with E-state index >= 15 is 0 Å². The van der Waals surface area contributed by atoms with Gasteiger partial charge in [-0.3, -0.25) is 9.52 Å². The molecule has 1 heterocycles. The molecule has 0 aliphatic rings. The molecule has 0 radical (unpaired) electrons. The Hall–Kier alpha value is -2.39. The van der Waals surface area contributed by atoms with Crippen LogP contribution in [0, 0.1) is 0 Å². The van der Waals surface area contributed by atoms with Crippen LogP contribution in [0.5, 0.6) is 0 Å². The van der Waals surface area contributed by atoms with Crippen LogP contribution in [0.4, 0.5) is 5.69 Å². The van der Waals surface area contributed by atoms with Crippen LogP contribution < -0.4 is 10.0 Å². The van der Waals surface area contributed by atoms with E-state index in [1.165, 1.54) is 30.7 Å². The third kappa shape index (κ3) is 4.41. The number of nitrogens with one attached hydrogen (secondary N) is 2. The molecule has 0 fully saturated rings. The second kappa shape index (κ2) is 8.33. The maximum atomic E-state index is 12.7. The zero-order chi connectivity index (χ0) is 19.3. The second-order valence-corrected chi connectivity index (χ2v) is 8.11. The predicted molar refractivity (Wildman–Crippen MR) is 100 cm³/mol. The van der Waals surface area contributed by atoms with Gasteiger partial charge in [0, 0.05) is 6.04 Å². The minimum atomic E-state index is -4.07. The average molecular weight is 396 g/mol. The first kappa shape index (κ1) is 19.9. The lowest BCUT2D eigenvalue weighted by molar-refractivity contribution is 0.0602. The average Bonchev–Trinajstić information content (AvgIpc) is 3.11. The molecule has 2 N–H and O–H groups in total. The highest BCUT2D eigenvalue weighted by molar-refractivity contribution is 7.93. The molecule has 0 aliphatic heterocycles. The highest BCUT2D eigenvalue weighted by atomic mass is 32.2. The fourth-order valence-electron chi connectivity index (χ4n) is 2.12. The van der Waals surface area contributed by atoms with Gasteiger partial charge in [0.1, 0.15) is 9.77 Å². The summed E-state index contributed by atoms with van der Waals surface area (Å²) in [6.07, 6.45) is 0.747. The molecular weight excluding hydrogens is 376 g/mol. The van der Waals surface area contributed by atoms with Gasteiger partial charge >= 0.3 is 5.97 Å². The summed E-state index contributed by atoms with van der Waals surface area (Å²) >= 11 is 0.969. The van der Waals surface area contributed by atoms with Crippen LogP contribution in [-0.4, -0.2) is 33.4 Å². The molecule has 0 saturated carbocycles. The molecule has 1 atom stereocenters. The van der Waals surface area contributed by atoms with Crippen LogP contribution in [0.2, 0.25) is 0 Å². The van der Waals surface area contributed by atoms with E-state index in [2.05, 4.69) is 14.8 Å². The van der Waals surface area contributed by atoms with Crippen LogP contribution in [0.1, 0.15) is 40.3 Å². The summed E-state index contributed by atoms with van der Waals surface area (Å²) in [5.74, 6) is -1.11. The summed E-state index contributed by atoms with van der Waals surface area (Å²) in [5.41, 5.74) is 0.335. The number of methoxy groups -OCH3 is 1. The standard InChI is InChI=1S/C17H20N2O5S2/c1-4-11(2)18-16(20)12-7-5-6-8-13(12)19-26(22,23)14-9-10-25-15(14)17(21)24-3/h5-11,19H,4H2,1-3H3,(H,18,20)/t11-/m1/s1. The molecule has 0 bridgehead atoms. The lowest BCUT2D eigenvalue weighted by Crippen LogP contribution is -2.32. The van der Waals surface area contributed by atoms with Gasteiger partial charge in [0.25, 0.3) is 15.9 Å². The van der Waals surface area contributed by atoms with Crippen molar-refractivity contribution in [2.24, 2.45) is 0 Å². The quantitative estimate of drug-likeness (QED) is 0.701. The number of hydrogen-bond acceptors (Lipinski definition) is 6. The summed E-state index contributed by atoms with van der Waals surface area (Å²) in [7, 11) is -2.89. The van der Waals surface area contributed by atoms with Crippen molar-refractivity contribution in [1.29, 1.82) is 0 Å². The maximum absolute atomic E-state index is 12.7. The largest absolute Gasteiger partial charge is 0.465 e. The predicted octanol–water partition coefficient (Wildman–Crippen LogP) is 2.86. The van der Waals surface area contributed by atoms with Crippen LogP contribution >= 0.6 is 11.3 Å². The fraction of sp³-hybridized carbons (Fsp3) is 0.294. The maximum Gasteiger partial charge on any atom is 0.349 e. The van der Waals surface area contributed by atoms with Crippen molar-refractivity contribution in [3.8, 4) is 0 Å². The first-order valence-electron chi connectivity index (χ1n) is 7.88. The molecule has 140 valence electrons. The van der Waals surface area contributed by atoms with E-state index in [4.69, 9.17) is 0 Å². The number of para-hydroxylation sites is 1. The van der Waals surface area contributed by atoms with Gasteiger partial charge < -0.3 is 10.1 Å². The number of rotatable bonds is 7. The first-order chi connectivity index (χ1) is 12.3. The summed E-state index contributed by atoms with van der Waals surface area (Å²) in [6, 6.07) is 7.56.